The van der Waals surface area contributed by atoms with E-state index in [1.54, 1.807) is 17.5 Å². The Morgan fingerprint density at radius 3 is 2.95 bits per heavy atom. The van der Waals surface area contributed by atoms with E-state index in [4.69, 9.17) is 5.73 Å². The highest BCUT2D eigenvalue weighted by Gasteiger charge is 2.16. The molecule has 0 atom stereocenters. The monoisotopic (exact) mass is 299 g/mol. The van der Waals surface area contributed by atoms with Gasteiger partial charge in [-0.05, 0) is 24.6 Å². The number of aromatic nitrogens is 1. The summed E-state index contributed by atoms with van der Waals surface area (Å²) in [6, 6.07) is 5.64. The highest BCUT2D eigenvalue weighted by atomic mass is 32.1. The number of rotatable bonds is 3. The molecule has 21 heavy (non-hydrogen) atoms. The molecule has 1 amide bonds. The largest absolute Gasteiger partial charge is 0.336 e. The van der Waals surface area contributed by atoms with Crippen molar-refractivity contribution in [1.82, 2.24) is 9.88 Å². The number of carbonyl (C=O) groups is 1. The quantitative estimate of drug-likeness (QED) is 0.882. The first-order valence-corrected chi connectivity index (χ1v) is 7.48. The van der Waals surface area contributed by atoms with E-state index in [1.165, 1.54) is 11.3 Å². The van der Waals surface area contributed by atoms with Gasteiger partial charge in [0, 0.05) is 18.0 Å². The van der Waals surface area contributed by atoms with E-state index in [9.17, 15) is 4.79 Å². The molecular weight excluding hydrogens is 282 g/mol. The van der Waals surface area contributed by atoms with Gasteiger partial charge < -0.3 is 10.6 Å². The minimum atomic E-state index is -0.0654. The lowest BCUT2D eigenvalue weighted by Gasteiger charge is -2.17. The molecule has 4 nitrogen and oxygen atoms in total. The molecule has 0 aliphatic rings. The van der Waals surface area contributed by atoms with Gasteiger partial charge in [-0.15, -0.1) is 11.3 Å². The van der Waals surface area contributed by atoms with Crippen LogP contribution in [0.2, 0.25) is 0 Å². The molecule has 0 spiro atoms. The van der Waals surface area contributed by atoms with Crippen LogP contribution in [0.1, 0.15) is 27.2 Å². The van der Waals surface area contributed by atoms with Gasteiger partial charge in [0.1, 0.15) is 0 Å². The Morgan fingerprint density at radius 1 is 1.48 bits per heavy atom. The van der Waals surface area contributed by atoms with E-state index in [2.05, 4.69) is 16.8 Å². The SMILES string of the molecule is Cc1ccc(C(=O)N(C)Cc2cscn2)c(C#CCN)c1. The Hall–Kier alpha value is -2.16. The Morgan fingerprint density at radius 2 is 2.29 bits per heavy atom. The molecule has 0 bridgehead atoms. The van der Waals surface area contributed by atoms with Gasteiger partial charge in [0.2, 0.25) is 0 Å². The van der Waals surface area contributed by atoms with E-state index >= 15 is 0 Å². The van der Waals surface area contributed by atoms with Crippen molar-refractivity contribution in [2.45, 2.75) is 13.5 Å². The molecule has 0 saturated heterocycles. The van der Waals surface area contributed by atoms with Gasteiger partial charge >= 0.3 is 0 Å². The van der Waals surface area contributed by atoms with E-state index in [0.29, 0.717) is 12.1 Å². The second kappa shape index (κ2) is 7.02. The number of nitrogens with zero attached hydrogens (tertiary/aromatic N) is 2. The number of amides is 1. The third kappa shape index (κ3) is 3.91. The standard InChI is InChI=1S/C16H17N3OS/c1-12-5-6-15(13(8-12)4-3-7-17)16(20)19(2)9-14-10-21-11-18-14/h5-6,8,10-11H,7,9,17H2,1-2H3. The average molecular weight is 299 g/mol. The van der Waals surface area contributed by atoms with Crippen LogP contribution in [0, 0.1) is 18.8 Å². The molecule has 1 heterocycles. The van der Waals surface area contributed by atoms with Gasteiger partial charge in [0.25, 0.3) is 5.91 Å². The highest BCUT2D eigenvalue weighted by Crippen LogP contribution is 2.14. The molecular formula is C16H17N3OS. The van der Waals surface area contributed by atoms with Gasteiger partial charge in [-0.3, -0.25) is 4.79 Å². The molecule has 0 aliphatic heterocycles. The second-order valence-electron chi connectivity index (χ2n) is 4.70. The summed E-state index contributed by atoms with van der Waals surface area (Å²) >= 11 is 1.52. The van der Waals surface area contributed by atoms with Crippen LogP contribution in [0.15, 0.2) is 29.1 Å². The second-order valence-corrected chi connectivity index (χ2v) is 5.41. The summed E-state index contributed by atoms with van der Waals surface area (Å²) in [4.78, 5) is 18.4. The predicted octanol–water partition coefficient (Wildman–Crippen LogP) is 2.03. The molecule has 0 aliphatic carbocycles. The van der Waals surface area contributed by atoms with Crippen LogP contribution in [-0.4, -0.2) is 29.4 Å². The molecule has 5 heteroatoms. The van der Waals surface area contributed by atoms with Crippen molar-refractivity contribution in [2.24, 2.45) is 5.73 Å². The van der Waals surface area contributed by atoms with E-state index in [-0.39, 0.29) is 12.5 Å². The molecule has 0 unspecified atom stereocenters. The third-order valence-corrected chi connectivity index (χ3v) is 3.60. The molecule has 2 rings (SSSR count). The fourth-order valence-electron chi connectivity index (χ4n) is 1.93. The smallest absolute Gasteiger partial charge is 0.255 e. The Balaban J connectivity index is 2.25. The van der Waals surface area contributed by atoms with Crippen molar-refractivity contribution >= 4 is 17.2 Å². The average Bonchev–Trinajstić information content (AvgIpc) is 2.97. The number of hydrogen-bond acceptors (Lipinski definition) is 4. The van der Waals surface area contributed by atoms with Crippen molar-refractivity contribution in [1.29, 1.82) is 0 Å². The lowest BCUT2D eigenvalue weighted by molar-refractivity contribution is 0.0783. The Labute approximate surface area is 128 Å². The number of benzene rings is 1. The number of carbonyl (C=O) groups excluding carboxylic acids is 1. The Bertz CT molecular complexity index is 683. The highest BCUT2D eigenvalue weighted by molar-refractivity contribution is 7.07. The van der Waals surface area contributed by atoms with Gasteiger partial charge in [0.05, 0.1) is 29.9 Å². The van der Waals surface area contributed by atoms with E-state index < -0.39 is 0 Å². The van der Waals surface area contributed by atoms with Crippen LogP contribution in [0.3, 0.4) is 0 Å². The predicted molar refractivity (Wildman–Crippen MR) is 85.0 cm³/mol. The van der Waals surface area contributed by atoms with Gasteiger partial charge in [-0.25, -0.2) is 4.98 Å². The van der Waals surface area contributed by atoms with Crippen molar-refractivity contribution in [3.8, 4) is 11.8 Å². The van der Waals surface area contributed by atoms with Crippen LogP contribution in [0.4, 0.5) is 0 Å². The summed E-state index contributed by atoms with van der Waals surface area (Å²) in [6.45, 7) is 2.73. The fraction of sp³-hybridized carbons (Fsp3) is 0.250. The van der Waals surface area contributed by atoms with Crippen LogP contribution >= 0.6 is 11.3 Å². The number of thiazole rings is 1. The molecule has 2 aromatic rings. The Kier molecular flexibility index (Phi) is 5.09. The summed E-state index contributed by atoms with van der Waals surface area (Å²) in [7, 11) is 1.77. The van der Waals surface area contributed by atoms with Crippen LogP contribution in [0.25, 0.3) is 0 Å². The number of nitrogens with two attached hydrogens (primary N) is 1. The zero-order valence-corrected chi connectivity index (χ0v) is 12.9. The lowest BCUT2D eigenvalue weighted by Crippen LogP contribution is -2.27. The molecule has 2 N–H and O–H groups in total. The van der Waals surface area contributed by atoms with Crippen molar-refractivity contribution < 1.29 is 4.79 Å². The fourth-order valence-corrected chi connectivity index (χ4v) is 2.48. The lowest BCUT2D eigenvalue weighted by atomic mass is 10.0. The molecule has 1 aromatic carbocycles. The van der Waals surface area contributed by atoms with Crippen LogP contribution in [-0.2, 0) is 6.54 Å². The summed E-state index contributed by atoms with van der Waals surface area (Å²) < 4.78 is 0. The summed E-state index contributed by atoms with van der Waals surface area (Å²) in [6.07, 6.45) is 0. The number of aryl methyl sites for hydroxylation is 1. The maximum atomic E-state index is 12.6. The first-order valence-electron chi connectivity index (χ1n) is 6.54. The summed E-state index contributed by atoms with van der Waals surface area (Å²) in [5.41, 5.74) is 10.4. The summed E-state index contributed by atoms with van der Waals surface area (Å²) in [5.74, 6) is 5.71. The maximum Gasteiger partial charge on any atom is 0.255 e. The zero-order valence-electron chi connectivity index (χ0n) is 12.1. The minimum absolute atomic E-state index is 0.0654. The van der Waals surface area contributed by atoms with Crippen molar-refractivity contribution in [3.05, 3.63) is 51.5 Å². The van der Waals surface area contributed by atoms with Gasteiger partial charge in [-0.1, -0.05) is 17.9 Å². The molecule has 0 radical (unpaired) electrons. The first-order chi connectivity index (χ1) is 10.1. The minimum Gasteiger partial charge on any atom is -0.336 e. The summed E-state index contributed by atoms with van der Waals surface area (Å²) in [5, 5.41) is 1.94. The third-order valence-electron chi connectivity index (χ3n) is 2.96. The van der Waals surface area contributed by atoms with Crippen molar-refractivity contribution in [2.75, 3.05) is 13.6 Å². The van der Waals surface area contributed by atoms with Crippen LogP contribution < -0.4 is 5.73 Å². The maximum absolute atomic E-state index is 12.6. The molecule has 1 aromatic heterocycles. The number of hydrogen-bond donors (Lipinski definition) is 1. The van der Waals surface area contributed by atoms with Gasteiger partial charge in [-0.2, -0.15) is 0 Å². The molecule has 0 fully saturated rings. The molecule has 108 valence electrons. The normalized spacial score (nSPS) is 9.86. The zero-order chi connectivity index (χ0) is 15.2. The molecule has 0 saturated carbocycles. The van der Waals surface area contributed by atoms with E-state index in [1.807, 2.05) is 30.5 Å². The van der Waals surface area contributed by atoms with Gasteiger partial charge in [0.15, 0.2) is 0 Å². The van der Waals surface area contributed by atoms with Crippen molar-refractivity contribution in [3.63, 3.8) is 0 Å². The van der Waals surface area contributed by atoms with Crippen LogP contribution in [0.5, 0.6) is 0 Å². The van der Waals surface area contributed by atoms with E-state index in [0.717, 1.165) is 16.8 Å². The topological polar surface area (TPSA) is 59.2 Å². The first kappa shape index (κ1) is 15.2.